The van der Waals surface area contributed by atoms with Gasteiger partial charge in [-0.3, -0.25) is 4.79 Å². The van der Waals surface area contributed by atoms with Crippen LogP contribution in [0.5, 0.6) is 0 Å². The zero-order valence-electron chi connectivity index (χ0n) is 11.2. The van der Waals surface area contributed by atoms with Crippen molar-refractivity contribution in [1.82, 2.24) is 15.2 Å². The third-order valence-electron chi connectivity index (χ3n) is 3.38. The lowest BCUT2D eigenvalue weighted by atomic mass is 10.0. The van der Waals surface area contributed by atoms with Crippen LogP contribution in [0.15, 0.2) is 18.3 Å². The summed E-state index contributed by atoms with van der Waals surface area (Å²) in [5.41, 5.74) is 0.475. The number of carbonyl (C=O) groups excluding carboxylic acids is 1. The number of nitrogens with one attached hydrogen (secondary N) is 1. The van der Waals surface area contributed by atoms with E-state index in [0.717, 1.165) is 38.9 Å². The Balaban J connectivity index is 2.13. The van der Waals surface area contributed by atoms with Crippen molar-refractivity contribution < 1.29 is 4.79 Å². The molecule has 1 unspecified atom stereocenters. The summed E-state index contributed by atoms with van der Waals surface area (Å²) in [5.74, 6) is 0.00668. The topological polar surface area (TPSA) is 45.2 Å². The number of pyridine rings is 1. The van der Waals surface area contributed by atoms with Gasteiger partial charge >= 0.3 is 0 Å². The molecule has 0 aromatic carbocycles. The third-order valence-corrected chi connectivity index (χ3v) is 3.61. The van der Waals surface area contributed by atoms with Gasteiger partial charge in [0, 0.05) is 25.3 Å². The quantitative estimate of drug-likeness (QED) is 0.921. The average molecular weight is 282 g/mol. The van der Waals surface area contributed by atoms with Crippen LogP contribution in [-0.2, 0) is 0 Å². The molecule has 104 valence electrons. The lowest BCUT2D eigenvalue weighted by molar-refractivity contribution is 0.0643. The predicted octanol–water partition coefficient (Wildman–Crippen LogP) is 2.34. The second-order valence-electron chi connectivity index (χ2n) is 4.86. The summed E-state index contributed by atoms with van der Waals surface area (Å²) in [4.78, 5) is 18.6. The molecule has 4 nitrogen and oxygen atoms in total. The van der Waals surface area contributed by atoms with E-state index >= 15 is 0 Å². The molecule has 0 bridgehead atoms. The van der Waals surface area contributed by atoms with E-state index in [2.05, 4.69) is 17.2 Å². The summed E-state index contributed by atoms with van der Waals surface area (Å²) in [6, 6.07) is 3.69. The van der Waals surface area contributed by atoms with Gasteiger partial charge in [0.1, 0.15) is 5.69 Å². The Hall–Kier alpha value is -1.13. The maximum absolute atomic E-state index is 12.5. The number of aromatic nitrogens is 1. The van der Waals surface area contributed by atoms with Crippen molar-refractivity contribution in [3.63, 3.8) is 0 Å². The molecule has 0 saturated carbocycles. The molecular formula is C14H20ClN3O. The SMILES string of the molecule is CCCN(C(=O)c1ccc(Cl)cn1)C1CCCNC1. The monoisotopic (exact) mass is 281 g/mol. The van der Waals surface area contributed by atoms with Crippen molar-refractivity contribution in [2.45, 2.75) is 32.2 Å². The number of carbonyl (C=O) groups is 1. The first-order valence-corrected chi connectivity index (χ1v) is 7.23. The number of amides is 1. The zero-order valence-corrected chi connectivity index (χ0v) is 12.0. The number of hydrogen-bond donors (Lipinski definition) is 1. The second kappa shape index (κ2) is 6.87. The van der Waals surface area contributed by atoms with Crippen LogP contribution in [0.3, 0.4) is 0 Å². The van der Waals surface area contributed by atoms with Crippen LogP contribution in [0.25, 0.3) is 0 Å². The molecule has 5 heteroatoms. The zero-order chi connectivity index (χ0) is 13.7. The third kappa shape index (κ3) is 3.67. The van der Waals surface area contributed by atoms with E-state index < -0.39 is 0 Å². The number of rotatable bonds is 4. The molecule has 1 amide bonds. The van der Waals surface area contributed by atoms with Gasteiger partial charge in [-0.15, -0.1) is 0 Å². The molecule has 1 aromatic rings. The molecule has 1 N–H and O–H groups in total. The molecule has 2 heterocycles. The van der Waals surface area contributed by atoms with Gasteiger partial charge in [0.15, 0.2) is 0 Å². The smallest absolute Gasteiger partial charge is 0.272 e. The Bertz CT molecular complexity index is 415. The van der Waals surface area contributed by atoms with Crippen LogP contribution >= 0.6 is 11.6 Å². The molecule has 1 atom stereocenters. The molecule has 19 heavy (non-hydrogen) atoms. The lowest BCUT2D eigenvalue weighted by Gasteiger charge is -2.34. The highest BCUT2D eigenvalue weighted by Crippen LogP contribution is 2.15. The first-order chi connectivity index (χ1) is 9.22. The van der Waals surface area contributed by atoms with E-state index in [1.807, 2.05) is 4.90 Å². The minimum atomic E-state index is 0.00668. The maximum atomic E-state index is 12.5. The molecule has 1 aromatic heterocycles. The fraction of sp³-hybridized carbons (Fsp3) is 0.571. The summed E-state index contributed by atoms with van der Waals surface area (Å²) < 4.78 is 0. The standard InChI is InChI=1S/C14H20ClN3O/c1-2-8-18(12-4-3-7-16-10-12)14(19)13-6-5-11(15)9-17-13/h5-6,9,12,16H,2-4,7-8,10H2,1H3. The van der Waals surface area contributed by atoms with Crippen LogP contribution < -0.4 is 5.32 Å². The molecule has 1 saturated heterocycles. The van der Waals surface area contributed by atoms with E-state index in [4.69, 9.17) is 11.6 Å². The van der Waals surface area contributed by atoms with Gasteiger partial charge in [0.25, 0.3) is 5.91 Å². The number of halogens is 1. The van der Waals surface area contributed by atoms with Gasteiger partial charge in [-0.05, 0) is 37.9 Å². The minimum absolute atomic E-state index is 0.00668. The van der Waals surface area contributed by atoms with Gasteiger partial charge < -0.3 is 10.2 Å². The minimum Gasteiger partial charge on any atom is -0.333 e. The Kier molecular flexibility index (Phi) is 5.16. The van der Waals surface area contributed by atoms with Crippen molar-refractivity contribution in [2.24, 2.45) is 0 Å². The molecule has 1 aliphatic rings. The van der Waals surface area contributed by atoms with Crippen molar-refractivity contribution in [3.05, 3.63) is 29.0 Å². The van der Waals surface area contributed by atoms with Crippen molar-refractivity contribution in [3.8, 4) is 0 Å². The number of hydrogen-bond acceptors (Lipinski definition) is 3. The molecule has 0 spiro atoms. The molecule has 1 aliphatic heterocycles. The first-order valence-electron chi connectivity index (χ1n) is 6.85. The largest absolute Gasteiger partial charge is 0.333 e. The van der Waals surface area contributed by atoms with Gasteiger partial charge in [0.2, 0.25) is 0 Å². The molecular weight excluding hydrogens is 262 g/mol. The van der Waals surface area contributed by atoms with Gasteiger partial charge in [-0.2, -0.15) is 0 Å². The Labute approximate surface area is 119 Å². The normalized spacial score (nSPS) is 19.2. The number of piperidine rings is 1. The number of nitrogens with zero attached hydrogens (tertiary/aromatic N) is 2. The Morgan fingerprint density at radius 3 is 3.00 bits per heavy atom. The van der Waals surface area contributed by atoms with Crippen molar-refractivity contribution in [1.29, 1.82) is 0 Å². The van der Waals surface area contributed by atoms with E-state index in [1.165, 1.54) is 6.20 Å². The van der Waals surface area contributed by atoms with E-state index in [-0.39, 0.29) is 11.9 Å². The van der Waals surface area contributed by atoms with E-state index in [0.29, 0.717) is 10.7 Å². The fourth-order valence-corrected chi connectivity index (χ4v) is 2.55. The molecule has 1 fully saturated rings. The Morgan fingerprint density at radius 2 is 2.42 bits per heavy atom. The van der Waals surface area contributed by atoms with Crippen LogP contribution in [0.4, 0.5) is 0 Å². The summed E-state index contributed by atoms with van der Waals surface area (Å²) >= 11 is 5.81. The highest BCUT2D eigenvalue weighted by Gasteiger charge is 2.26. The first kappa shape index (κ1) is 14.3. The maximum Gasteiger partial charge on any atom is 0.272 e. The van der Waals surface area contributed by atoms with E-state index in [1.54, 1.807) is 12.1 Å². The van der Waals surface area contributed by atoms with E-state index in [9.17, 15) is 4.79 Å². The fourth-order valence-electron chi connectivity index (χ4n) is 2.44. The van der Waals surface area contributed by atoms with Crippen LogP contribution in [0.2, 0.25) is 5.02 Å². The van der Waals surface area contributed by atoms with Gasteiger partial charge in [0.05, 0.1) is 5.02 Å². The van der Waals surface area contributed by atoms with Crippen molar-refractivity contribution in [2.75, 3.05) is 19.6 Å². The van der Waals surface area contributed by atoms with Crippen molar-refractivity contribution >= 4 is 17.5 Å². The second-order valence-corrected chi connectivity index (χ2v) is 5.30. The summed E-state index contributed by atoms with van der Waals surface area (Å²) in [6.45, 7) is 4.78. The lowest BCUT2D eigenvalue weighted by Crippen LogP contribution is -2.49. The summed E-state index contributed by atoms with van der Waals surface area (Å²) in [7, 11) is 0. The van der Waals surface area contributed by atoms with Crippen LogP contribution in [0.1, 0.15) is 36.7 Å². The average Bonchev–Trinajstić information content (AvgIpc) is 2.46. The Morgan fingerprint density at radius 1 is 1.58 bits per heavy atom. The van der Waals surface area contributed by atoms with Gasteiger partial charge in [-0.1, -0.05) is 18.5 Å². The molecule has 0 aliphatic carbocycles. The highest BCUT2D eigenvalue weighted by atomic mass is 35.5. The van der Waals surface area contributed by atoms with Crippen LogP contribution in [0, 0.1) is 0 Å². The molecule has 2 rings (SSSR count). The summed E-state index contributed by atoms with van der Waals surface area (Å²) in [5, 5.41) is 3.91. The van der Waals surface area contributed by atoms with Crippen LogP contribution in [-0.4, -0.2) is 41.5 Å². The predicted molar refractivity (Wildman–Crippen MR) is 76.5 cm³/mol. The van der Waals surface area contributed by atoms with Gasteiger partial charge in [-0.25, -0.2) is 4.98 Å². The highest BCUT2D eigenvalue weighted by molar-refractivity contribution is 6.30. The summed E-state index contributed by atoms with van der Waals surface area (Å²) in [6.07, 6.45) is 4.66. The molecule has 0 radical (unpaired) electrons.